The predicted molar refractivity (Wildman–Crippen MR) is 118 cm³/mol. The van der Waals surface area contributed by atoms with Gasteiger partial charge < -0.3 is 8.83 Å². The summed E-state index contributed by atoms with van der Waals surface area (Å²) in [5, 5.41) is 4.75. The van der Waals surface area contributed by atoms with Crippen molar-refractivity contribution < 1.29 is 17.3 Å². The summed E-state index contributed by atoms with van der Waals surface area (Å²) in [6.07, 6.45) is 10.1. The normalized spacial score (nSPS) is 23.3. The zero-order valence-electron chi connectivity index (χ0n) is 17.1. The summed E-state index contributed by atoms with van der Waals surface area (Å²) >= 11 is 0. The molecule has 0 saturated heterocycles. The van der Waals surface area contributed by atoms with Crippen molar-refractivity contribution in [1.29, 1.82) is 0 Å². The van der Waals surface area contributed by atoms with Gasteiger partial charge in [0, 0.05) is 5.92 Å². The molecule has 1 fully saturated rings. The molecule has 5 rings (SSSR count). The molecule has 3 aromatic rings. The molecule has 160 valence electrons. The first-order chi connectivity index (χ1) is 15.1. The Morgan fingerprint density at radius 2 is 1.74 bits per heavy atom. The van der Waals surface area contributed by atoms with Crippen LogP contribution in [0.4, 0.5) is 0 Å². The summed E-state index contributed by atoms with van der Waals surface area (Å²) in [5.74, 6) is 1.28. The van der Waals surface area contributed by atoms with Crippen molar-refractivity contribution >= 4 is 21.8 Å². The molecule has 1 aromatic carbocycles. The summed E-state index contributed by atoms with van der Waals surface area (Å²) in [6.45, 7) is 0. The van der Waals surface area contributed by atoms with E-state index in [1.165, 1.54) is 4.41 Å². The molecule has 3 heterocycles. The number of nitrogens with zero attached hydrogens (tertiary/aromatic N) is 2. The topological polar surface area (TPSA) is 76.0 Å². The van der Waals surface area contributed by atoms with Gasteiger partial charge in [0.05, 0.1) is 23.1 Å². The third-order valence-electron chi connectivity index (χ3n) is 5.95. The molecule has 7 heteroatoms. The van der Waals surface area contributed by atoms with E-state index in [1.807, 2.05) is 24.3 Å². The largest absolute Gasteiger partial charge is 0.467 e. The molecule has 2 aromatic heterocycles. The fourth-order valence-corrected chi connectivity index (χ4v) is 5.95. The standard InChI is InChI=1S/C24H24N2O4S/c27-31(28,20-11-4-2-5-12-20)26-24(22-14-8-16-30-22)21-13-6-1-3-9-18(23(21)25-26)17-19-10-7-15-29-19/h2,4-5,7-8,10-12,14-17,21,24H,1,3,6,9,13H2/b18-17+. The number of hydrazone groups is 1. The van der Waals surface area contributed by atoms with Crippen LogP contribution < -0.4 is 0 Å². The Kier molecular flexibility index (Phi) is 5.28. The Morgan fingerprint density at radius 1 is 0.935 bits per heavy atom. The quantitative estimate of drug-likeness (QED) is 0.530. The van der Waals surface area contributed by atoms with Crippen molar-refractivity contribution in [3.63, 3.8) is 0 Å². The number of fused-ring (bicyclic) bond motifs is 1. The predicted octanol–water partition coefficient (Wildman–Crippen LogP) is 5.64. The van der Waals surface area contributed by atoms with Crippen molar-refractivity contribution in [1.82, 2.24) is 4.41 Å². The lowest BCUT2D eigenvalue weighted by atomic mass is 9.82. The van der Waals surface area contributed by atoms with E-state index in [9.17, 15) is 8.42 Å². The van der Waals surface area contributed by atoms with Crippen LogP contribution in [0.15, 0.2) is 91.5 Å². The van der Waals surface area contributed by atoms with Crippen LogP contribution in [-0.2, 0) is 10.0 Å². The number of hydrogen-bond acceptors (Lipinski definition) is 5. The Morgan fingerprint density at radius 3 is 2.48 bits per heavy atom. The van der Waals surface area contributed by atoms with E-state index in [2.05, 4.69) is 0 Å². The second kappa shape index (κ2) is 8.23. The van der Waals surface area contributed by atoms with Gasteiger partial charge in [-0.05, 0) is 67.3 Å². The van der Waals surface area contributed by atoms with Gasteiger partial charge in [-0.3, -0.25) is 0 Å². The number of allylic oxidation sites excluding steroid dienone is 1. The third kappa shape index (κ3) is 3.74. The van der Waals surface area contributed by atoms with Crippen molar-refractivity contribution in [3.05, 3.63) is 84.2 Å². The van der Waals surface area contributed by atoms with E-state index >= 15 is 0 Å². The minimum Gasteiger partial charge on any atom is -0.467 e. The maximum absolute atomic E-state index is 13.6. The molecule has 6 nitrogen and oxygen atoms in total. The second-order valence-electron chi connectivity index (χ2n) is 7.93. The number of benzene rings is 1. The maximum atomic E-state index is 13.6. The van der Waals surface area contributed by atoms with Gasteiger partial charge in [0.2, 0.25) is 0 Å². The second-order valence-corrected chi connectivity index (χ2v) is 9.72. The average molecular weight is 437 g/mol. The van der Waals surface area contributed by atoms with E-state index in [4.69, 9.17) is 13.9 Å². The molecule has 0 radical (unpaired) electrons. The summed E-state index contributed by atoms with van der Waals surface area (Å²) in [5.41, 5.74) is 1.85. The molecule has 2 unspecified atom stereocenters. The molecule has 2 aliphatic rings. The van der Waals surface area contributed by atoms with Crippen LogP contribution in [0.25, 0.3) is 6.08 Å². The Balaban J connectivity index is 1.65. The van der Waals surface area contributed by atoms with Gasteiger partial charge in [0.15, 0.2) is 0 Å². The highest BCUT2D eigenvalue weighted by atomic mass is 32.2. The fraction of sp³-hybridized carbons (Fsp3) is 0.292. The molecule has 31 heavy (non-hydrogen) atoms. The minimum absolute atomic E-state index is 0.0776. The molecular formula is C24H24N2O4S. The van der Waals surface area contributed by atoms with Gasteiger partial charge in [-0.25, -0.2) is 0 Å². The van der Waals surface area contributed by atoms with Gasteiger partial charge in [-0.2, -0.15) is 17.9 Å². The highest BCUT2D eigenvalue weighted by Gasteiger charge is 2.46. The minimum atomic E-state index is -3.85. The van der Waals surface area contributed by atoms with Crippen LogP contribution in [0.2, 0.25) is 0 Å². The van der Waals surface area contributed by atoms with Gasteiger partial charge in [0.1, 0.15) is 17.6 Å². The van der Waals surface area contributed by atoms with Crippen molar-refractivity contribution in [2.75, 3.05) is 0 Å². The van der Waals surface area contributed by atoms with Crippen LogP contribution in [-0.4, -0.2) is 18.5 Å². The Labute approximate surface area is 181 Å². The van der Waals surface area contributed by atoms with Crippen molar-refractivity contribution in [3.8, 4) is 0 Å². The van der Waals surface area contributed by atoms with Gasteiger partial charge in [-0.15, -0.1) is 0 Å². The lowest BCUT2D eigenvalue weighted by molar-refractivity contribution is 0.268. The average Bonchev–Trinajstić information content (AvgIpc) is 3.52. The number of furan rings is 2. The molecule has 0 N–H and O–H groups in total. The van der Waals surface area contributed by atoms with Crippen molar-refractivity contribution in [2.45, 2.75) is 43.0 Å². The highest BCUT2D eigenvalue weighted by Crippen LogP contribution is 2.45. The van der Waals surface area contributed by atoms with Gasteiger partial charge in [-0.1, -0.05) is 31.0 Å². The third-order valence-corrected chi connectivity index (χ3v) is 7.62. The summed E-state index contributed by atoms with van der Waals surface area (Å²) < 4.78 is 39.8. The van der Waals surface area contributed by atoms with Crippen LogP contribution in [0.5, 0.6) is 0 Å². The molecule has 0 spiro atoms. The fourth-order valence-electron chi connectivity index (χ4n) is 4.49. The van der Waals surface area contributed by atoms with E-state index in [0.717, 1.165) is 49.1 Å². The lowest BCUT2D eigenvalue weighted by Gasteiger charge is -2.27. The lowest BCUT2D eigenvalue weighted by Crippen LogP contribution is -2.31. The SMILES string of the molecule is O=S(=O)(c1ccccc1)N1N=C2/C(=C/c3ccco3)CCCCCC2C1c1ccco1. The zero-order chi connectivity index (χ0) is 21.3. The van der Waals surface area contributed by atoms with E-state index in [0.29, 0.717) is 5.76 Å². The smallest absolute Gasteiger partial charge is 0.279 e. The van der Waals surface area contributed by atoms with Gasteiger partial charge in [0.25, 0.3) is 10.0 Å². The molecule has 1 aliphatic carbocycles. The number of rotatable bonds is 4. The number of hydrogen-bond donors (Lipinski definition) is 0. The maximum Gasteiger partial charge on any atom is 0.279 e. The molecule has 1 aliphatic heterocycles. The molecule has 1 saturated carbocycles. The highest BCUT2D eigenvalue weighted by molar-refractivity contribution is 7.89. The summed E-state index contributed by atoms with van der Waals surface area (Å²) in [4.78, 5) is 0.224. The first kappa shape index (κ1) is 19.9. The summed E-state index contributed by atoms with van der Waals surface area (Å²) in [7, 11) is -3.85. The molecular weight excluding hydrogens is 412 g/mol. The molecule has 0 bridgehead atoms. The van der Waals surface area contributed by atoms with Gasteiger partial charge >= 0.3 is 0 Å². The summed E-state index contributed by atoms with van der Waals surface area (Å²) in [6, 6.07) is 15.3. The van der Waals surface area contributed by atoms with E-state index < -0.39 is 16.1 Å². The Bertz CT molecular complexity index is 1180. The van der Waals surface area contributed by atoms with Crippen LogP contribution >= 0.6 is 0 Å². The monoisotopic (exact) mass is 436 g/mol. The van der Waals surface area contributed by atoms with Crippen molar-refractivity contribution in [2.24, 2.45) is 11.0 Å². The molecule has 0 amide bonds. The first-order valence-corrected chi connectivity index (χ1v) is 12.0. The van der Waals surface area contributed by atoms with E-state index in [1.54, 1.807) is 48.9 Å². The first-order valence-electron chi connectivity index (χ1n) is 10.6. The van der Waals surface area contributed by atoms with Crippen LogP contribution in [0.1, 0.15) is 49.7 Å². The van der Waals surface area contributed by atoms with Crippen LogP contribution in [0, 0.1) is 5.92 Å². The van der Waals surface area contributed by atoms with Crippen LogP contribution in [0.3, 0.4) is 0 Å². The Hall–Kier alpha value is -3.06. The van der Waals surface area contributed by atoms with E-state index in [-0.39, 0.29) is 10.8 Å². The molecule has 2 atom stereocenters. The zero-order valence-corrected chi connectivity index (χ0v) is 17.9. The number of sulfonamides is 1.